The highest BCUT2D eigenvalue weighted by Gasteiger charge is 2.30. The predicted octanol–water partition coefficient (Wildman–Crippen LogP) is 4.72. The molecule has 0 N–H and O–H groups in total. The smallest absolute Gasteiger partial charge is 0.309 e. The lowest BCUT2D eigenvalue weighted by molar-refractivity contribution is -0.149. The van der Waals surface area contributed by atoms with Crippen LogP contribution in [0.15, 0.2) is 65.1 Å². The predicted molar refractivity (Wildman–Crippen MR) is 155 cm³/mol. The normalized spacial score (nSPS) is 14.0. The molecule has 1 aliphatic carbocycles. The van der Waals surface area contributed by atoms with Gasteiger partial charge in [-0.05, 0) is 49.6 Å². The van der Waals surface area contributed by atoms with Gasteiger partial charge in [0.05, 0.1) is 18.6 Å². The van der Waals surface area contributed by atoms with E-state index in [4.69, 9.17) is 9.15 Å². The Morgan fingerprint density at radius 3 is 2.44 bits per heavy atom. The number of ether oxygens (including phenoxy) is 1. The van der Waals surface area contributed by atoms with Crippen LogP contribution in [0.4, 0.5) is 5.69 Å². The summed E-state index contributed by atoms with van der Waals surface area (Å²) < 4.78 is 13.7. The summed E-state index contributed by atoms with van der Waals surface area (Å²) in [7, 11) is 8.03. The summed E-state index contributed by atoms with van der Waals surface area (Å²) in [4.78, 5) is 30.1. The number of carbonyl (C=O) groups excluding carboxylic acids is 2. The Labute approximate surface area is 229 Å². The van der Waals surface area contributed by atoms with Crippen molar-refractivity contribution in [2.75, 3.05) is 52.8 Å². The third-order valence-corrected chi connectivity index (χ3v) is 7.55. The number of anilines is 1. The summed E-state index contributed by atoms with van der Waals surface area (Å²) in [5.41, 5.74) is 5.25. The zero-order chi connectivity index (χ0) is 27.7. The topological polar surface area (TPSA) is 66.0 Å². The number of rotatable bonds is 5. The van der Waals surface area contributed by atoms with Crippen molar-refractivity contribution in [3.63, 3.8) is 0 Å². The molecule has 2 heterocycles. The van der Waals surface area contributed by atoms with Crippen molar-refractivity contribution in [1.29, 1.82) is 0 Å². The lowest BCUT2D eigenvalue weighted by Crippen LogP contribution is -2.40. The fraction of sp³-hybridized carbons (Fsp3) is 0.344. The zero-order valence-corrected chi connectivity index (χ0v) is 23.4. The molecule has 7 heteroatoms. The van der Waals surface area contributed by atoms with E-state index in [0.717, 1.165) is 44.5 Å². The molecule has 0 saturated carbocycles. The monoisotopic (exact) mass is 526 g/mol. The van der Waals surface area contributed by atoms with Gasteiger partial charge in [0.2, 0.25) is 5.36 Å². The molecule has 202 valence electrons. The van der Waals surface area contributed by atoms with Crippen LogP contribution < -0.4 is 14.8 Å². The molecular weight excluding hydrogens is 490 g/mol. The summed E-state index contributed by atoms with van der Waals surface area (Å²) in [5, 5.41) is 1.99. The molecule has 0 atom stereocenters. The fourth-order valence-electron chi connectivity index (χ4n) is 5.35. The maximum absolute atomic E-state index is 13.9. The lowest BCUT2D eigenvalue weighted by Gasteiger charge is -2.31. The van der Waals surface area contributed by atoms with Gasteiger partial charge < -0.3 is 19.0 Å². The van der Waals surface area contributed by atoms with Crippen LogP contribution in [0.3, 0.4) is 0 Å². The van der Waals surface area contributed by atoms with E-state index >= 15 is 0 Å². The Morgan fingerprint density at radius 2 is 1.74 bits per heavy atom. The van der Waals surface area contributed by atoms with E-state index in [2.05, 4.69) is 24.3 Å². The van der Waals surface area contributed by atoms with E-state index < -0.39 is 0 Å². The second-order valence-electron chi connectivity index (χ2n) is 10.5. The van der Waals surface area contributed by atoms with E-state index in [-0.39, 0.29) is 17.8 Å². The number of likely N-dealkylation sites (tertiary alicyclic amines) is 1. The maximum atomic E-state index is 13.9. The Kier molecular flexibility index (Phi) is 7.42. The number of hydrogen-bond donors (Lipinski definition) is 0. The zero-order valence-electron chi connectivity index (χ0n) is 23.4. The number of benzene rings is 3. The molecule has 0 aromatic heterocycles. The van der Waals surface area contributed by atoms with Gasteiger partial charge in [0, 0.05) is 67.1 Å². The molecule has 2 aliphatic heterocycles. The molecule has 0 radical (unpaired) electrons. The molecule has 0 bridgehead atoms. The number of carbonyl (C=O) groups is 2. The van der Waals surface area contributed by atoms with Crippen LogP contribution in [0.25, 0.3) is 33.4 Å². The van der Waals surface area contributed by atoms with Crippen LogP contribution in [0.1, 0.15) is 30.1 Å². The molecule has 0 unspecified atom stereocenters. The Balaban J connectivity index is 1.63. The van der Waals surface area contributed by atoms with E-state index in [1.165, 1.54) is 0 Å². The second kappa shape index (κ2) is 10.9. The average Bonchev–Trinajstić information content (AvgIpc) is 2.95. The molecular formula is C32H36N3O4+. The number of piperidine rings is 1. The standard InChI is InChI=1S/C32H36N3O4/c1-6-38-32(37)21-15-17-35(18-16-21)31(36)25-10-8-7-9-24(25)30-26-13-11-22(33(2)3)19-28(26)39-29-20-23(34(4)5)12-14-27(29)30/h7-14,19-21H,6,15-18H2,1-5H3/q+1. The minimum absolute atomic E-state index is 0.0233. The molecule has 2 aromatic rings. The molecule has 5 rings (SSSR count). The largest absolute Gasteiger partial charge is 0.466 e. The van der Waals surface area contributed by atoms with Gasteiger partial charge in [-0.25, -0.2) is 4.58 Å². The number of nitrogens with zero attached hydrogens (tertiary/aromatic N) is 3. The van der Waals surface area contributed by atoms with E-state index in [0.29, 0.717) is 38.1 Å². The first-order chi connectivity index (χ1) is 18.8. The van der Waals surface area contributed by atoms with Gasteiger partial charge in [-0.2, -0.15) is 0 Å². The number of esters is 1. The van der Waals surface area contributed by atoms with Crippen molar-refractivity contribution < 1.29 is 18.7 Å². The Morgan fingerprint density at radius 1 is 1.00 bits per heavy atom. The maximum Gasteiger partial charge on any atom is 0.309 e. The summed E-state index contributed by atoms with van der Waals surface area (Å²) in [6, 6.07) is 20.2. The first kappa shape index (κ1) is 26.5. The van der Waals surface area contributed by atoms with Crippen molar-refractivity contribution in [3.8, 4) is 22.5 Å². The third kappa shape index (κ3) is 5.13. The number of hydrogen-bond acceptors (Lipinski definition) is 5. The van der Waals surface area contributed by atoms with Gasteiger partial charge in [-0.1, -0.05) is 18.2 Å². The van der Waals surface area contributed by atoms with Crippen LogP contribution in [0.2, 0.25) is 0 Å². The molecule has 39 heavy (non-hydrogen) atoms. The highest BCUT2D eigenvalue weighted by atomic mass is 16.5. The molecule has 2 aromatic carbocycles. The summed E-state index contributed by atoms with van der Waals surface area (Å²) in [6.07, 6.45) is 1.23. The van der Waals surface area contributed by atoms with E-state index in [9.17, 15) is 9.59 Å². The molecule has 0 spiro atoms. The number of fused-ring (bicyclic) bond motifs is 2. The van der Waals surface area contributed by atoms with Crippen molar-refractivity contribution in [2.24, 2.45) is 5.92 Å². The second-order valence-corrected chi connectivity index (χ2v) is 10.5. The molecule has 7 nitrogen and oxygen atoms in total. The van der Waals surface area contributed by atoms with Crippen molar-refractivity contribution >= 4 is 28.5 Å². The molecule has 1 amide bonds. The first-order valence-electron chi connectivity index (χ1n) is 13.5. The van der Waals surface area contributed by atoms with Gasteiger partial charge >= 0.3 is 5.97 Å². The van der Waals surface area contributed by atoms with Crippen LogP contribution >= 0.6 is 0 Å². The summed E-state index contributed by atoms with van der Waals surface area (Å²) in [5.74, 6) is 0.428. The van der Waals surface area contributed by atoms with Gasteiger partial charge in [0.25, 0.3) is 5.91 Å². The van der Waals surface area contributed by atoms with Gasteiger partial charge in [-0.3, -0.25) is 9.59 Å². The van der Waals surface area contributed by atoms with E-state index in [1.54, 1.807) is 0 Å². The van der Waals surface area contributed by atoms with Crippen LogP contribution in [-0.2, 0) is 9.53 Å². The Bertz CT molecular complexity index is 1570. The SMILES string of the molecule is CCOC(=O)C1CCN(C(=O)c2ccccc2-c2c3ccc(=[N+](C)C)cc-3oc3cc(N(C)C)ccc23)CC1. The van der Waals surface area contributed by atoms with Gasteiger partial charge in [0.1, 0.15) is 25.4 Å². The van der Waals surface area contributed by atoms with Crippen LogP contribution in [0, 0.1) is 5.92 Å². The van der Waals surface area contributed by atoms with Crippen molar-refractivity contribution in [3.05, 3.63) is 71.6 Å². The minimum Gasteiger partial charge on any atom is -0.466 e. The molecule has 1 fully saturated rings. The quantitative estimate of drug-likeness (QED) is 0.214. The Hall–Kier alpha value is -4.13. The van der Waals surface area contributed by atoms with Crippen LogP contribution in [0.5, 0.6) is 0 Å². The fourth-order valence-corrected chi connectivity index (χ4v) is 5.35. The third-order valence-electron chi connectivity index (χ3n) is 7.55. The minimum atomic E-state index is -0.162. The van der Waals surface area contributed by atoms with E-state index in [1.807, 2.05) is 85.9 Å². The highest BCUT2D eigenvalue weighted by molar-refractivity contribution is 6.09. The number of amides is 1. The van der Waals surface area contributed by atoms with Crippen LogP contribution in [-0.4, -0.2) is 64.7 Å². The first-order valence-corrected chi connectivity index (χ1v) is 13.5. The summed E-state index contributed by atoms with van der Waals surface area (Å²) in [6.45, 7) is 3.25. The van der Waals surface area contributed by atoms with Crippen molar-refractivity contribution in [1.82, 2.24) is 9.48 Å². The molecule has 3 aliphatic rings. The van der Waals surface area contributed by atoms with Gasteiger partial charge in [0.15, 0.2) is 0 Å². The summed E-state index contributed by atoms with van der Waals surface area (Å²) >= 11 is 0. The average molecular weight is 527 g/mol. The molecule has 1 saturated heterocycles. The highest BCUT2D eigenvalue weighted by Crippen LogP contribution is 2.42. The lowest BCUT2D eigenvalue weighted by atomic mass is 9.89. The van der Waals surface area contributed by atoms with Gasteiger partial charge in [-0.15, -0.1) is 0 Å². The van der Waals surface area contributed by atoms with Crippen molar-refractivity contribution in [2.45, 2.75) is 19.8 Å².